The Balaban J connectivity index is 1.59. The molecule has 2 aromatic carbocycles. The minimum absolute atomic E-state index is 0.246. The first-order valence-electron chi connectivity index (χ1n) is 8.88. The van der Waals surface area contributed by atoms with Crippen LogP contribution in [0.1, 0.15) is 30.4 Å². The number of halogens is 1. The van der Waals surface area contributed by atoms with E-state index < -0.39 is 0 Å². The van der Waals surface area contributed by atoms with Crippen molar-refractivity contribution in [2.75, 3.05) is 13.6 Å². The van der Waals surface area contributed by atoms with E-state index in [0.717, 1.165) is 36.5 Å². The fourth-order valence-corrected chi connectivity index (χ4v) is 3.70. The first kappa shape index (κ1) is 18.0. The molecule has 1 heterocycles. The third-order valence-corrected chi connectivity index (χ3v) is 5.17. The zero-order chi connectivity index (χ0) is 17.6. The number of nitrogens with zero attached hydrogens (tertiary/aromatic N) is 2. The molecular weight excluding hydrogens is 332 g/mol. The summed E-state index contributed by atoms with van der Waals surface area (Å²) in [5.41, 5.74) is 2.41. The molecule has 1 amide bonds. The number of rotatable bonds is 5. The van der Waals surface area contributed by atoms with Crippen LogP contribution in [0.2, 0.25) is 5.02 Å². The molecule has 0 radical (unpaired) electrons. The molecule has 3 nitrogen and oxygen atoms in total. The molecule has 0 bridgehead atoms. The molecule has 0 aromatic heterocycles. The molecule has 0 saturated carbocycles. The van der Waals surface area contributed by atoms with E-state index >= 15 is 0 Å². The van der Waals surface area contributed by atoms with Gasteiger partial charge in [0.1, 0.15) is 0 Å². The lowest BCUT2D eigenvalue weighted by Crippen LogP contribution is -2.33. The van der Waals surface area contributed by atoms with Crippen LogP contribution in [0.3, 0.4) is 0 Å². The van der Waals surface area contributed by atoms with Crippen molar-refractivity contribution in [3.8, 4) is 0 Å². The van der Waals surface area contributed by atoms with Gasteiger partial charge in [0.15, 0.2) is 0 Å². The van der Waals surface area contributed by atoms with Crippen molar-refractivity contribution < 1.29 is 4.79 Å². The van der Waals surface area contributed by atoms with Crippen molar-refractivity contribution in [3.05, 3.63) is 70.7 Å². The zero-order valence-corrected chi connectivity index (χ0v) is 15.5. The van der Waals surface area contributed by atoms with Gasteiger partial charge in [0.2, 0.25) is 5.91 Å². The second kappa shape index (κ2) is 8.50. The zero-order valence-electron chi connectivity index (χ0n) is 14.7. The van der Waals surface area contributed by atoms with Gasteiger partial charge in [-0.1, -0.05) is 54.1 Å². The average Bonchev–Trinajstić information content (AvgIpc) is 2.78. The highest BCUT2D eigenvalue weighted by molar-refractivity contribution is 6.30. The van der Waals surface area contributed by atoms with Crippen LogP contribution < -0.4 is 0 Å². The number of likely N-dealkylation sites (tertiary alicyclic amines) is 1. The van der Waals surface area contributed by atoms with Crippen molar-refractivity contribution in [2.24, 2.45) is 0 Å². The summed E-state index contributed by atoms with van der Waals surface area (Å²) in [5, 5.41) is 0.722. The summed E-state index contributed by atoms with van der Waals surface area (Å²) in [5.74, 6) is 0.246. The van der Waals surface area contributed by atoms with Gasteiger partial charge in [-0.15, -0.1) is 0 Å². The molecule has 0 aliphatic carbocycles. The molecule has 1 fully saturated rings. The van der Waals surface area contributed by atoms with Crippen LogP contribution in [0.15, 0.2) is 54.6 Å². The van der Waals surface area contributed by atoms with E-state index in [1.54, 1.807) is 0 Å². The molecule has 0 spiro atoms. The fraction of sp³-hybridized carbons (Fsp3) is 0.381. The summed E-state index contributed by atoms with van der Waals surface area (Å²) in [7, 11) is 2.16. The third kappa shape index (κ3) is 5.07. The molecule has 1 aliphatic heterocycles. The van der Waals surface area contributed by atoms with E-state index in [9.17, 15) is 4.79 Å². The highest BCUT2D eigenvalue weighted by Gasteiger charge is 2.25. The summed E-state index contributed by atoms with van der Waals surface area (Å²) in [6, 6.07) is 18.7. The van der Waals surface area contributed by atoms with Gasteiger partial charge in [-0.05, 0) is 43.1 Å². The molecule has 132 valence electrons. The summed E-state index contributed by atoms with van der Waals surface area (Å²) in [6.45, 7) is 2.37. The van der Waals surface area contributed by atoms with Gasteiger partial charge in [0, 0.05) is 37.1 Å². The molecule has 4 heteroatoms. The molecule has 1 saturated heterocycles. The second-order valence-corrected chi connectivity index (χ2v) is 7.26. The maximum Gasteiger partial charge on any atom is 0.222 e. The lowest BCUT2D eigenvalue weighted by molar-refractivity contribution is -0.131. The molecular formula is C21H25ClN2O. The van der Waals surface area contributed by atoms with E-state index in [4.69, 9.17) is 11.6 Å². The maximum atomic E-state index is 12.5. The van der Waals surface area contributed by atoms with E-state index in [2.05, 4.69) is 36.2 Å². The SMILES string of the molecule is CN(Cc1ccccc1)C1CCC(=O)N(Cc2cccc(Cl)c2)CC1. The fourth-order valence-electron chi connectivity index (χ4n) is 3.49. The molecule has 3 rings (SSSR count). The van der Waals surface area contributed by atoms with Crippen molar-refractivity contribution >= 4 is 17.5 Å². The van der Waals surface area contributed by atoms with Gasteiger partial charge in [-0.25, -0.2) is 0 Å². The first-order chi connectivity index (χ1) is 12.1. The Morgan fingerprint density at radius 3 is 2.60 bits per heavy atom. The van der Waals surface area contributed by atoms with Gasteiger partial charge in [-0.3, -0.25) is 9.69 Å². The monoisotopic (exact) mass is 356 g/mol. The summed E-state index contributed by atoms with van der Waals surface area (Å²) in [6.07, 6.45) is 2.55. The minimum Gasteiger partial charge on any atom is -0.338 e. The summed E-state index contributed by atoms with van der Waals surface area (Å²) in [4.78, 5) is 16.9. The van der Waals surface area contributed by atoms with E-state index in [1.807, 2.05) is 35.2 Å². The third-order valence-electron chi connectivity index (χ3n) is 4.94. The first-order valence-corrected chi connectivity index (χ1v) is 9.26. The van der Waals surface area contributed by atoms with Crippen LogP contribution in [-0.2, 0) is 17.9 Å². The topological polar surface area (TPSA) is 23.6 Å². The molecule has 0 N–H and O–H groups in total. The van der Waals surface area contributed by atoms with Crippen LogP contribution in [0, 0.1) is 0 Å². The van der Waals surface area contributed by atoms with E-state index in [1.165, 1.54) is 5.56 Å². The Labute approximate surface area is 155 Å². The van der Waals surface area contributed by atoms with Crippen LogP contribution in [0.4, 0.5) is 0 Å². The lowest BCUT2D eigenvalue weighted by Gasteiger charge is -2.27. The van der Waals surface area contributed by atoms with Gasteiger partial charge in [0.25, 0.3) is 0 Å². The normalized spacial score (nSPS) is 18.4. The Morgan fingerprint density at radius 2 is 1.84 bits per heavy atom. The summed E-state index contributed by atoms with van der Waals surface area (Å²) >= 11 is 6.06. The molecule has 1 atom stereocenters. The smallest absolute Gasteiger partial charge is 0.222 e. The highest BCUT2D eigenvalue weighted by atomic mass is 35.5. The van der Waals surface area contributed by atoms with Crippen LogP contribution in [0.25, 0.3) is 0 Å². The van der Waals surface area contributed by atoms with Crippen LogP contribution in [0.5, 0.6) is 0 Å². The van der Waals surface area contributed by atoms with E-state index in [0.29, 0.717) is 19.0 Å². The van der Waals surface area contributed by atoms with E-state index in [-0.39, 0.29) is 5.91 Å². The Morgan fingerprint density at radius 1 is 1.08 bits per heavy atom. The standard InChI is InChI=1S/C21H25ClN2O/c1-23(15-17-6-3-2-4-7-17)20-10-11-21(25)24(13-12-20)16-18-8-5-9-19(22)14-18/h2-9,14,20H,10-13,15-16H2,1H3. The predicted molar refractivity (Wildman–Crippen MR) is 102 cm³/mol. The molecule has 1 unspecified atom stereocenters. The van der Waals surface area contributed by atoms with Gasteiger partial charge >= 0.3 is 0 Å². The number of hydrogen-bond donors (Lipinski definition) is 0. The second-order valence-electron chi connectivity index (χ2n) is 6.83. The highest BCUT2D eigenvalue weighted by Crippen LogP contribution is 2.21. The number of amides is 1. The minimum atomic E-state index is 0.246. The largest absolute Gasteiger partial charge is 0.338 e. The molecule has 1 aliphatic rings. The van der Waals surface area contributed by atoms with Crippen molar-refractivity contribution in [1.82, 2.24) is 9.80 Å². The maximum absolute atomic E-state index is 12.5. The van der Waals surface area contributed by atoms with Crippen molar-refractivity contribution in [3.63, 3.8) is 0 Å². The Kier molecular flexibility index (Phi) is 6.11. The predicted octanol–water partition coefficient (Wildman–Crippen LogP) is 4.35. The lowest BCUT2D eigenvalue weighted by atomic mass is 10.1. The number of carbonyl (C=O) groups is 1. The Hall–Kier alpha value is -1.84. The van der Waals surface area contributed by atoms with Gasteiger partial charge in [-0.2, -0.15) is 0 Å². The van der Waals surface area contributed by atoms with Gasteiger partial charge in [0.05, 0.1) is 0 Å². The van der Waals surface area contributed by atoms with Crippen LogP contribution >= 0.6 is 11.6 Å². The van der Waals surface area contributed by atoms with Crippen molar-refractivity contribution in [1.29, 1.82) is 0 Å². The summed E-state index contributed by atoms with van der Waals surface area (Å²) < 4.78 is 0. The average molecular weight is 357 g/mol. The quantitative estimate of drug-likeness (QED) is 0.795. The van der Waals surface area contributed by atoms with Crippen LogP contribution in [-0.4, -0.2) is 35.3 Å². The Bertz CT molecular complexity index is 704. The number of benzene rings is 2. The molecule has 25 heavy (non-hydrogen) atoms. The number of carbonyl (C=O) groups excluding carboxylic acids is 1. The molecule has 2 aromatic rings. The number of hydrogen-bond acceptors (Lipinski definition) is 2. The van der Waals surface area contributed by atoms with Gasteiger partial charge < -0.3 is 4.90 Å². The van der Waals surface area contributed by atoms with Crippen molar-refractivity contribution in [2.45, 2.75) is 38.4 Å².